The molecule has 2 atom stereocenters. The minimum Gasteiger partial charge on any atom is -0.307 e. The van der Waals surface area contributed by atoms with Crippen molar-refractivity contribution in [3.05, 3.63) is 33.8 Å². The van der Waals surface area contributed by atoms with E-state index in [1.807, 2.05) is 0 Å². The van der Waals surface area contributed by atoms with E-state index in [0.717, 1.165) is 0 Å². The maximum Gasteiger partial charge on any atom is 0.0329 e. The highest BCUT2D eigenvalue weighted by atomic mass is 79.9. The van der Waals surface area contributed by atoms with Gasteiger partial charge in [0.05, 0.1) is 0 Å². The lowest BCUT2D eigenvalue weighted by atomic mass is 9.99. The van der Waals surface area contributed by atoms with Gasteiger partial charge in [0.2, 0.25) is 0 Å². The first-order valence-electron chi connectivity index (χ1n) is 6.66. The van der Waals surface area contributed by atoms with E-state index in [-0.39, 0.29) is 0 Å². The summed E-state index contributed by atoms with van der Waals surface area (Å²) in [6.07, 6.45) is 3.64. The molecule has 1 nitrogen and oxygen atoms in total. The summed E-state index contributed by atoms with van der Waals surface area (Å²) in [5.74, 6) is 0.705. The van der Waals surface area contributed by atoms with Crippen LogP contribution in [0.5, 0.6) is 0 Å². The van der Waals surface area contributed by atoms with E-state index in [1.165, 1.54) is 34.9 Å². The van der Waals surface area contributed by atoms with E-state index in [2.05, 4.69) is 60.2 Å². The standard InChI is InChI=1S/C15H22BrN/c1-4-14(10(2)3)17-15-9-8-11-12(15)6-5-7-13(11)16/h5-7,10,14-15,17H,4,8-9H2,1-3H3. The third-order valence-electron chi connectivity index (χ3n) is 3.87. The highest BCUT2D eigenvalue weighted by Crippen LogP contribution is 2.36. The van der Waals surface area contributed by atoms with Crippen LogP contribution in [0.15, 0.2) is 22.7 Å². The third-order valence-corrected chi connectivity index (χ3v) is 4.62. The van der Waals surface area contributed by atoms with E-state index in [1.54, 1.807) is 0 Å². The summed E-state index contributed by atoms with van der Waals surface area (Å²) < 4.78 is 1.27. The molecule has 1 aliphatic carbocycles. The number of hydrogen-bond donors (Lipinski definition) is 1. The first-order valence-corrected chi connectivity index (χ1v) is 7.46. The second-order valence-electron chi connectivity index (χ2n) is 5.32. The summed E-state index contributed by atoms with van der Waals surface area (Å²) in [5, 5.41) is 3.83. The molecule has 0 amide bonds. The zero-order chi connectivity index (χ0) is 12.4. The van der Waals surface area contributed by atoms with Gasteiger partial charge in [-0.05, 0) is 42.4 Å². The molecule has 1 aromatic carbocycles. The molecule has 94 valence electrons. The summed E-state index contributed by atoms with van der Waals surface area (Å²) in [4.78, 5) is 0. The van der Waals surface area contributed by atoms with Crippen molar-refractivity contribution in [1.82, 2.24) is 5.32 Å². The molecule has 0 saturated carbocycles. The Morgan fingerprint density at radius 1 is 1.41 bits per heavy atom. The zero-order valence-corrected chi connectivity index (χ0v) is 12.5. The zero-order valence-electron chi connectivity index (χ0n) is 11.0. The van der Waals surface area contributed by atoms with Crippen molar-refractivity contribution in [3.63, 3.8) is 0 Å². The van der Waals surface area contributed by atoms with Gasteiger partial charge in [-0.3, -0.25) is 0 Å². The van der Waals surface area contributed by atoms with Crippen LogP contribution in [0.25, 0.3) is 0 Å². The van der Waals surface area contributed by atoms with Gasteiger partial charge >= 0.3 is 0 Å². The van der Waals surface area contributed by atoms with Gasteiger partial charge in [-0.2, -0.15) is 0 Å². The fourth-order valence-corrected chi connectivity index (χ4v) is 3.40. The summed E-state index contributed by atoms with van der Waals surface area (Å²) in [6, 6.07) is 7.76. The number of halogens is 1. The van der Waals surface area contributed by atoms with Gasteiger partial charge < -0.3 is 5.32 Å². The van der Waals surface area contributed by atoms with Crippen molar-refractivity contribution in [1.29, 1.82) is 0 Å². The van der Waals surface area contributed by atoms with E-state index in [9.17, 15) is 0 Å². The average Bonchev–Trinajstić information content (AvgIpc) is 2.70. The molecule has 0 radical (unpaired) electrons. The Labute approximate surface area is 113 Å². The molecule has 0 bridgehead atoms. The molecule has 0 aliphatic heterocycles. The summed E-state index contributed by atoms with van der Waals surface area (Å²) in [6.45, 7) is 6.88. The second-order valence-corrected chi connectivity index (χ2v) is 6.18. The smallest absolute Gasteiger partial charge is 0.0329 e. The molecule has 1 N–H and O–H groups in total. The number of rotatable bonds is 4. The van der Waals surface area contributed by atoms with Gasteiger partial charge in [-0.15, -0.1) is 0 Å². The molecule has 1 aliphatic rings. The van der Waals surface area contributed by atoms with E-state index in [0.29, 0.717) is 18.0 Å². The number of hydrogen-bond acceptors (Lipinski definition) is 1. The molecule has 0 heterocycles. The summed E-state index contributed by atoms with van der Waals surface area (Å²) >= 11 is 3.66. The van der Waals surface area contributed by atoms with E-state index < -0.39 is 0 Å². The van der Waals surface area contributed by atoms with Gasteiger partial charge in [-0.25, -0.2) is 0 Å². The molecular weight excluding hydrogens is 274 g/mol. The third kappa shape index (κ3) is 2.74. The minimum absolute atomic E-state index is 0.551. The Bertz CT molecular complexity index is 387. The van der Waals surface area contributed by atoms with Gasteiger partial charge in [0.25, 0.3) is 0 Å². The summed E-state index contributed by atoms with van der Waals surface area (Å²) in [7, 11) is 0. The molecule has 2 heteroatoms. The van der Waals surface area contributed by atoms with Crippen molar-refractivity contribution < 1.29 is 0 Å². The fourth-order valence-electron chi connectivity index (χ4n) is 2.82. The van der Waals surface area contributed by atoms with Crippen LogP contribution in [0.2, 0.25) is 0 Å². The second kappa shape index (κ2) is 5.53. The van der Waals surface area contributed by atoms with Crippen LogP contribution in [0.3, 0.4) is 0 Å². The molecule has 0 spiro atoms. The van der Waals surface area contributed by atoms with Crippen molar-refractivity contribution in [2.24, 2.45) is 5.92 Å². The topological polar surface area (TPSA) is 12.0 Å². The normalized spacial score (nSPS) is 20.6. The first kappa shape index (κ1) is 13.1. The Morgan fingerprint density at radius 3 is 2.82 bits per heavy atom. The van der Waals surface area contributed by atoms with Crippen molar-refractivity contribution in [3.8, 4) is 0 Å². The molecule has 1 aromatic rings. The molecular formula is C15H22BrN. The molecule has 2 unspecified atom stereocenters. The lowest BCUT2D eigenvalue weighted by molar-refractivity contribution is 0.344. The Hall–Kier alpha value is -0.340. The van der Waals surface area contributed by atoms with Crippen LogP contribution in [-0.4, -0.2) is 6.04 Å². The average molecular weight is 296 g/mol. The lowest BCUT2D eigenvalue weighted by Gasteiger charge is -2.25. The molecule has 0 saturated heterocycles. The maximum atomic E-state index is 3.83. The van der Waals surface area contributed by atoms with Crippen LogP contribution in [-0.2, 0) is 6.42 Å². The van der Waals surface area contributed by atoms with Crippen LogP contribution in [0.1, 0.15) is 50.8 Å². The number of fused-ring (bicyclic) bond motifs is 1. The van der Waals surface area contributed by atoms with Crippen LogP contribution < -0.4 is 5.32 Å². The van der Waals surface area contributed by atoms with Gasteiger partial charge in [0.15, 0.2) is 0 Å². The lowest BCUT2D eigenvalue weighted by Crippen LogP contribution is -2.35. The van der Waals surface area contributed by atoms with Crippen molar-refractivity contribution in [2.75, 3.05) is 0 Å². The maximum absolute atomic E-state index is 3.83. The predicted octanol–water partition coefficient (Wildman–Crippen LogP) is 4.46. The fraction of sp³-hybridized carbons (Fsp3) is 0.600. The van der Waals surface area contributed by atoms with E-state index >= 15 is 0 Å². The number of benzene rings is 1. The first-order chi connectivity index (χ1) is 8.13. The van der Waals surface area contributed by atoms with Crippen molar-refractivity contribution in [2.45, 2.75) is 52.1 Å². The summed E-state index contributed by atoms with van der Waals surface area (Å²) in [5.41, 5.74) is 3.00. The highest BCUT2D eigenvalue weighted by Gasteiger charge is 2.26. The van der Waals surface area contributed by atoms with Gasteiger partial charge in [0, 0.05) is 16.6 Å². The van der Waals surface area contributed by atoms with Crippen LogP contribution >= 0.6 is 15.9 Å². The largest absolute Gasteiger partial charge is 0.307 e. The van der Waals surface area contributed by atoms with Crippen LogP contribution in [0, 0.1) is 5.92 Å². The Balaban J connectivity index is 2.14. The monoisotopic (exact) mass is 295 g/mol. The molecule has 0 fully saturated rings. The van der Waals surface area contributed by atoms with Crippen molar-refractivity contribution >= 4 is 15.9 Å². The molecule has 0 aromatic heterocycles. The predicted molar refractivity (Wildman–Crippen MR) is 77.3 cm³/mol. The SMILES string of the molecule is CCC(NC1CCc2c(Br)cccc21)C(C)C. The molecule has 2 rings (SSSR count). The Morgan fingerprint density at radius 2 is 2.18 bits per heavy atom. The Kier molecular flexibility index (Phi) is 4.26. The quantitative estimate of drug-likeness (QED) is 0.865. The highest BCUT2D eigenvalue weighted by molar-refractivity contribution is 9.10. The number of nitrogens with one attached hydrogen (secondary N) is 1. The van der Waals surface area contributed by atoms with Gasteiger partial charge in [0.1, 0.15) is 0 Å². The van der Waals surface area contributed by atoms with E-state index in [4.69, 9.17) is 0 Å². The van der Waals surface area contributed by atoms with Gasteiger partial charge in [-0.1, -0.05) is 48.8 Å². The van der Waals surface area contributed by atoms with Crippen LogP contribution in [0.4, 0.5) is 0 Å². The molecule has 17 heavy (non-hydrogen) atoms. The minimum atomic E-state index is 0.551.